The summed E-state index contributed by atoms with van der Waals surface area (Å²) in [6.45, 7) is 0.712. The topological polar surface area (TPSA) is 254 Å². The van der Waals surface area contributed by atoms with Crippen LogP contribution in [0.3, 0.4) is 0 Å². The Bertz CT molecular complexity index is 3550. The van der Waals surface area contributed by atoms with Crippen LogP contribution in [0.15, 0.2) is 134 Å². The van der Waals surface area contributed by atoms with Crippen molar-refractivity contribution in [2.75, 3.05) is 10.6 Å². The molecule has 0 spiro atoms. The van der Waals surface area contributed by atoms with Crippen LogP contribution < -0.4 is 34.1 Å². The monoisotopic (exact) mass is 1270 g/mol. The molecule has 0 aliphatic heterocycles. The number of aromatic nitrogens is 6. The lowest BCUT2D eigenvalue weighted by atomic mass is 9.91. The van der Waals surface area contributed by atoms with Crippen LogP contribution in [0.4, 0.5) is 38.2 Å². The van der Waals surface area contributed by atoms with E-state index in [-0.39, 0.29) is 25.9 Å². The molecule has 2 aliphatic rings. The smallest absolute Gasteiger partial charge is 0.491 e. The van der Waals surface area contributed by atoms with Gasteiger partial charge in [0.1, 0.15) is 0 Å². The van der Waals surface area contributed by atoms with Crippen molar-refractivity contribution in [3.8, 4) is 33.9 Å². The minimum absolute atomic E-state index is 0. The molecule has 8 aromatic rings. The molecule has 4 heterocycles. The molecule has 1 amide bonds. The second kappa shape index (κ2) is 32.4. The minimum Gasteiger partial charge on any atom is -1.00 e. The molecule has 0 saturated heterocycles. The molecule has 4 atom stereocenters. The summed E-state index contributed by atoms with van der Waals surface area (Å²) < 4.78 is 112. The average Bonchev–Trinajstić information content (AvgIpc) is 2.16. The van der Waals surface area contributed by atoms with Crippen molar-refractivity contribution in [3.63, 3.8) is 0 Å². The molecule has 29 heteroatoms. The number of quaternary nitrogens is 1. The number of carbonyl (C=O) groups is 3. The number of ether oxygens (including phenoxy) is 1. The van der Waals surface area contributed by atoms with Gasteiger partial charge >= 0.3 is 53.3 Å². The zero-order valence-electron chi connectivity index (χ0n) is 43.5. The van der Waals surface area contributed by atoms with E-state index in [2.05, 4.69) is 87.0 Å². The van der Waals surface area contributed by atoms with Crippen LogP contribution in [0.2, 0.25) is 10.0 Å². The highest BCUT2D eigenvalue weighted by atomic mass is 35.5. The van der Waals surface area contributed by atoms with Gasteiger partial charge in [-0.2, -0.15) is 43.2 Å². The predicted molar refractivity (Wildman–Crippen MR) is 302 cm³/mol. The first-order chi connectivity index (χ1) is 39.1. The van der Waals surface area contributed by atoms with Gasteiger partial charge in [0.05, 0.1) is 50.9 Å². The summed E-state index contributed by atoms with van der Waals surface area (Å²) in [4.78, 5) is 49.1. The number of esters is 2. The fraction of sp³-hybridized carbons (Fsp3) is 0.291. The number of nitrogens with zero attached hydrogens (tertiary/aromatic N) is 6. The minimum atomic E-state index is -5.09. The Morgan fingerprint density at radius 3 is 1.39 bits per heavy atom. The molecule has 4 aromatic heterocycles. The van der Waals surface area contributed by atoms with Gasteiger partial charge in [0.25, 0.3) is 0 Å². The van der Waals surface area contributed by atoms with Crippen molar-refractivity contribution in [1.82, 2.24) is 34.4 Å². The summed E-state index contributed by atoms with van der Waals surface area (Å²) in [7, 11) is 0. The van der Waals surface area contributed by atoms with Gasteiger partial charge in [0.15, 0.2) is 0 Å². The maximum atomic E-state index is 12.7. The Kier molecular flexibility index (Phi) is 26.6. The van der Waals surface area contributed by atoms with Crippen molar-refractivity contribution < 1.29 is 80.4 Å². The molecular formula is C55H55Cl3F6N10O8S2. The lowest BCUT2D eigenvalue weighted by Gasteiger charge is -2.30. The number of carbonyl (C=O) groups excluding carboxylic acids is 3. The number of amides is 1. The Labute approximate surface area is 500 Å². The summed E-state index contributed by atoms with van der Waals surface area (Å²) in [6.07, 6.45) is 4.14. The first kappa shape index (κ1) is 68.9. The predicted octanol–water partition coefficient (Wildman–Crippen LogP) is 7.79. The third-order valence-corrected chi connectivity index (χ3v) is 13.2. The van der Waals surface area contributed by atoms with Gasteiger partial charge in [0, 0.05) is 77.1 Å². The molecule has 448 valence electrons. The van der Waals surface area contributed by atoms with Crippen LogP contribution in [0.5, 0.6) is 0 Å². The van der Waals surface area contributed by atoms with Crippen LogP contribution in [-0.2, 0) is 42.3 Å². The number of hydrogen-bond donors (Lipinski definition) is 4. The van der Waals surface area contributed by atoms with E-state index in [4.69, 9.17) is 45.0 Å². The van der Waals surface area contributed by atoms with E-state index < -0.39 is 59.4 Å². The normalized spacial score (nSPS) is 16.2. The Morgan fingerprint density at radius 1 is 0.607 bits per heavy atom. The molecule has 18 nitrogen and oxygen atoms in total. The molecular weight excluding hydrogens is 1210 g/mol. The number of para-hydroxylation sites is 4. The van der Waals surface area contributed by atoms with Gasteiger partial charge in [-0.3, -0.25) is 9.59 Å². The third-order valence-electron chi connectivity index (χ3n) is 12.7. The number of nitrogens with one attached hydrogen (secondary N) is 3. The number of rotatable bonds is 9. The van der Waals surface area contributed by atoms with Crippen molar-refractivity contribution in [2.24, 2.45) is 0 Å². The summed E-state index contributed by atoms with van der Waals surface area (Å²) >= 11 is 11.6. The largest absolute Gasteiger partial charge is 1.00 e. The highest BCUT2D eigenvalue weighted by Crippen LogP contribution is 2.38. The average molecular weight is 1270 g/mol. The number of benzene rings is 4. The van der Waals surface area contributed by atoms with Gasteiger partial charge in [-0.25, -0.2) is 24.7 Å². The summed E-state index contributed by atoms with van der Waals surface area (Å²) in [6, 6.07) is 36.6. The molecule has 2 fully saturated rings. The van der Waals surface area contributed by atoms with E-state index in [1.54, 1.807) is 6.20 Å². The van der Waals surface area contributed by atoms with Crippen LogP contribution in [0, 0.1) is 0 Å². The standard InChI is InChI=1S/C26H23ClF3N5O.C24H24ClN5.C4H3F3O3.CH4.ClH.2O2S/c27-21-14-31-25(33-17-8-6-7-16(13-17)32-24(36)26(28,29)30)34-23(21)20-15-35(18-9-2-1-3-10-18)22-12-5-4-11-19(20)22;25-21-14-27-24(28-17-8-6-7-16(26)13-17)29-23(21)20-15-30(18-9-2-1-3-10-18)22-12-5-4-11-19(20)22;1-2(8)10-3(9)4(5,6)7;;;2*1-3-2/h1-5,9-12,14-17H,6-8,13H2,(H,32,36)(H,31,33,34);1-5,9-12,14-17H,6-8,13,26H2,(H,27,28,29);1H3;1H4;1H;;/t2*16-,17+;;;;;/m00...../s1. The van der Waals surface area contributed by atoms with Gasteiger partial charge in [0.2, 0.25) is 11.9 Å². The van der Waals surface area contributed by atoms with Crippen molar-refractivity contribution in [1.29, 1.82) is 0 Å². The van der Waals surface area contributed by atoms with Crippen LogP contribution in [-0.4, -0.2) is 100 Å². The van der Waals surface area contributed by atoms with Gasteiger partial charge < -0.3 is 48.0 Å². The fourth-order valence-electron chi connectivity index (χ4n) is 9.29. The first-order valence-corrected chi connectivity index (χ1v) is 27.0. The molecule has 0 radical (unpaired) electrons. The van der Waals surface area contributed by atoms with E-state index in [0.717, 1.165) is 69.3 Å². The highest BCUT2D eigenvalue weighted by Gasteiger charge is 2.42. The number of alkyl halides is 6. The SMILES string of the molecule is C.CC(=O)OC(=O)C(F)(F)F.O=C(N[C@H]1CCC[C@@H](Nc2ncc(Cl)c(-c3cn(-c4ccccc4)c4ccccc34)n2)C1)C(F)(F)F.O=S=O.O=S=O.[Cl-].[NH3+][C@H]1CCC[C@@H](Nc2ncc(Cl)c(-c3cn(-c4ccccc4)c4ccccc34)n2)C1. The van der Waals surface area contributed by atoms with Gasteiger partial charge in [-0.05, 0) is 81.3 Å². The number of fused-ring (bicyclic) bond motifs is 2. The second-order valence-electron chi connectivity index (χ2n) is 18.4. The fourth-order valence-corrected chi connectivity index (χ4v) is 9.67. The van der Waals surface area contributed by atoms with E-state index >= 15 is 0 Å². The number of halogens is 9. The van der Waals surface area contributed by atoms with E-state index in [0.29, 0.717) is 65.9 Å². The zero-order valence-corrected chi connectivity index (χ0v) is 47.4. The maximum absolute atomic E-state index is 12.7. The molecule has 2 aliphatic carbocycles. The molecule has 6 N–H and O–H groups in total. The quantitative estimate of drug-likeness (QED) is 0.0612. The summed E-state index contributed by atoms with van der Waals surface area (Å²) in [5, 5.41) is 11.8. The molecule has 2 saturated carbocycles. The van der Waals surface area contributed by atoms with Gasteiger partial charge in [-0.1, -0.05) is 103 Å². The Morgan fingerprint density at radius 2 is 1.00 bits per heavy atom. The van der Waals surface area contributed by atoms with Crippen LogP contribution >= 0.6 is 23.2 Å². The third kappa shape index (κ3) is 19.2. The van der Waals surface area contributed by atoms with E-state index in [1.807, 2.05) is 85.1 Å². The first-order valence-electron chi connectivity index (χ1n) is 24.9. The molecule has 10 rings (SSSR count). The Balaban J connectivity index is 0.000000284. The number of anilines is 2. The Hall–Kier alpha value is -7.62. The van der Waals surface area contributed by atoms with Crippen molar-refractivity contribution in [3.05, 3.63) is 144 Å². The van der Waals surface area contributed by atoms with E-state index in [9.17, 15) is 40.7 Å². The lowest BCUT2D eigenvalue weighted by molar-refractivity contribution is -0.425. The maximum Gasteiger partial charge on any atom is 0.491 e. The zero-order chi connectivity index (χ0) is 59.6. The summed E-state index contributed by atoms with van der Waals surface area (Å²) in [5.74, 6) is -4.71. The lowest BCUT2D eigenvalue weighted by Crippen LogP contribution is -3.00. The highest BCUT2D eigenvalue weighted by molar-refractivity contribution is 7.52. The van der Waals surface area contributed by atoms with Crippen molar-refractivity contribution >= 4 is 97.9 Å². The second-order valence-corrected chi connectivity index (χ2v) is 19.5. The molecule has 4 aromatic carbocycles. The van der Waals surface area contributed by atoms with Crippen LogP contribution in [0.25, 0.3) is 55.7 Å². The van der Waals surface area contributed by atoms with Crippen molar-refractivity contribution in [2.45, 2.75) is 102 Å². The molecule has 0 bridgehead atoms. The summed E-state index contributed by atoms with van der Waals surface area (Å²) in [5.41, 5.74) is 11.6. The van der Waals surface area contributed by atoms with E-state index in [1.165, 1.54) is 19.0 Å². The van der Waals surface area contributed by atoms with Gasteiger partial charge in [-0.15, -0.1) is 0 Å². The van der Waals surface area contributed by atoms with Crippen LogP contribution in [0.1, 0.15) is 65.7 Å². The molecule has 0 unspecified atom stereocenters. The number of hydrogen-bond acceptors (Lipinski definition) is 14. The molecule has 84 heavy (non-hydrogen) atoms.